The van der Waals surface area contributed by atoms with Gasteiger partial charge < -0.3 is 20.1 Å². The number of aliphatic imine (C=N–C) groups is 1. The minimum atomic E-state index is -4.37. The van der Waals surface area contributed by atoms with Gasteiger partial charge in [0.25, 0.3) is 0 Å². The molecule has 0 bridgehead atoms. The van der Waals surface area contributed by atoms with E-state index in [0.717, 1.165) is 37.7 Å². The van der Waals surface area contributed by atoms with Crippen LogP contribution in [0.2, 0.25) is 0 Å². The predicted molar refractivity (Wildman–Crippen MR) is 92.1 cm³/mol. The molecule has 1 aromatic rings. The molecule has 0 atom stereocenters. The minimum Gasteiger partial charge on any atom is -0.468 e. The maximum absolute atomic E-state index is 12.1. The van der Waals surface area contributed by atoms with E-state index in [-0.39, 0.29) is 5.88 Å². The van der Waals surface area contributed by atoms with E-state index >= 15 is 0 Å². The Morgan fingerprint density at radius 1 is 1.31 bits per heavy atom. The second-order valence-corrected chi connectivity index (χ2v) is 6.13. The monoisotopic (exact) mass is 374 g/mol. The average Bonchev–Trinajstić information content (AvgIpc) is 3.43. The SMILES string of the molecule is CN=C(NCCCOCC1CC1)NCc1ccc(OCC(F)(F)F)nc1. The number of ether oxygens (including phenoxy) is 2. The van der Waals surface area contributed by atoms with E-state index in [2.05, 4.69) is 25.3 Å². The second-order valence-electron chi connectivity index (χ2n) is 6.13. The van der Waals surface area contributed by atoms with Crippen LogP contribution in [-0.2, 0) is 11.3 Å². The van der Waals surface area contributed by atoms with Gasteiger partial charge in [-0.1, -0.05) is 6.07 Å². The average molecular weight is 374 g/mol. The van der Waals surface area contributed by atoms with Crippen molar-refractivity contribution >= 4 is 5.96 Å². The molecular weight excluding hydrogens is 349 g/mol. The highest BCUT2D eigenvalue weighted by atomic mass is 19.4. The van der Waals surface area contributed by atoms with Gasteiger partial charge in [-0.15, -0.1) is 0 Å². The number of guanidine groups is 1. The molecule has 2 N–H and O–H groups in total. The van der Waals surface area contributed by atoms with Crippen molar-refractivity contribution in [3.05, 3.63) is 23.9 Å². The molecule has 9 heteroatoms. The number of halogens is 3. The molecule has 2 rings (SSSR count). The Hall–Kier alpha value is -2.03. The van der Waals surface area contributed by atoms with Crippen LogP contribution in [-0.4, -0.2) is 50.5 Å². The molecule has 0 amide bonds. The zero-order valence-corrected chi connectivity index (χ0v) is 14.8. The molecule has 0 aromatic carbocycles. The maximum Gasteiger partial charge on any atom is 0.422 e. The Morgan fingerprint density at radius 2 is 2.12 bits per heavy atom. The van der Waals surface area contributed by atoms with E-state index in [4.69, 9.17) is 4.74 Å². The number of nitrogens with zero attached hydrogens (tertiary/aromatic N) is 2. The fourth-order valence-corrected chi connectivity index (χ4v) is 2.08. The number of rotatable bonds is 10. The molecule has 0 spiro atoms. The Balaban J connectivity index is 1.60. The van der Waals surface area contributed by atoms with Crippen molar-refractivity contribution in [2.45, 2.75) is 32.0 Å². The molecule has 26 heavy (non-hydrogen) atoms. The molecule has 0 radical (unpaired) electrons. The van der Waals surface area contributed by atoms with Gasteiger partial charge >= 0.3 is 6.18 Å². The highest BCUT2D eigenvalue weighted by molar-refractivity contribution is 5.79. The van der Waals surface area contributed by atoms with Crippen molar-refractivity contribution in [2.24, 2.45) is 10.9 Å². The Labute approximate surface area is 151 Å². The minimum absolute atomic E-state index is 0.0558. The lowest BCUT2D eigenvalue weighted by molar-refractivity contribution is -0.154. The van der Waals surface area contributed by atoms with E-state index < -0.39 is 12.8 Å². The van der Waals surface area contributed by atoms with Crippen LogP contribution >= 0.6 is 0 Å². The van der Waals surface area contributed by atoms with Crippen molar-refractivity contribution in [1.82, 2.24) is 15.6 Å². The summed E-state index contributed by atoms with van der Waals surface area (Å²) in [7, 11) is 1.67. The standard InChI is InChI=1S/C17H25F3N4O2/c1-21-16(22-7-2-8-25-11-13-3-4-13)24-10-14-5-6-15(23-9-14)26-12-17(18,19)20/h5-6,9,13H,2-4,7-8,10-12H2,1H3,(H2,21,22,24). The summed E-state index contributed by atoms with van der Waals surface area (Å²) in [6, 6.07) is 3.07. The van der Waals surface area contributed by atoms with Crippen molar-refractivity contribution in [3.63, 3.8) is 0 Å². The van der Waals surface area contributed by atoms with Crippen molar-refractivity contribution in [3.8, 4) is 5.88 Å². The summed E-state index contributed by atoms with van der Waals surface area (Å²) in [5.41, 5.74) is 0.806. The normalized spacial score (nSPS) is 15.0. The van der Waals surface area contributed by atoms with Crippen LogP contribution in [0.3, 0.4) is 0 Å². The molecule has 1 aliphatic carbocycles. The largest absolute Gasteiger partial charge is 0.468 e. The Morgan fingerprint density at radius 3 is 2.73 bits per heavy atom. The first-order valence-electron chi connectivity index (χ1n) is 8.63. The first kappa shape index (κ1) is 20.3. The van der Waals surface area contributed by atoms with Gasteiger partial charge in [-0.2, -0.15) is 13.2 Å². The zero-order chi connectivity index (χ0) is 18.8. The Kier molecular flexibility index (Phi) is 7.96. The van der Waals surface area contributed by atoms with Crippen LogP contribution in [0.4, 0.5) is 13.2 Å². The van der Waals surface area contributed by atoms with Crippen molar-refractivity contribution in [1.29, 1.82) is 0 Å². The predicted octanol–water partition coefficient (Wildman–Crippen LogP) is 2.50. The van der Waals surface area contributed by atoms with Crippen LogP contribution in [0, 0.1) is 5.92 Å². The van der Waals surface area contributed by atoms with Gasteiger partial charge in [0, 0.05) is 45.6 Å². The summed E-state index contributed by atoms with van der Waals surface area (Å²) >= 11 is 0. The summed E-state index contributed by atoms with van der Waals surface area (Å²) < 4.78 is 46.4. The van der Waals surface area contributed by atoms with Gasteiger partial charge in [0.2, 0.25) is 5.88 Å². The van der Waals surface area contributed by atoms with Crippen LogP contribution in [0.25, 0.3) is 0 Å². The van der Waals surface area contributed by atoms with E-state index in [9.17, 15) is 13.2 Å². The van der Waals surface area contributed by atoms with E-state index in [1.165, 1.54) is 25.1 Å². The molecule has 1 aromatic heterocycles. The highest BCUT2D eigenvalue weighted by Gasteiger charge is 2.28. The smallest absolute Gasteiger partial charge is 0.422 e. The number of hydrogen-bond donors (Lipinski definition) is 2. The number of aromatic nitrogens is 1. The topological polar surface area (TPSA) is 67.8 Å². The van der Waals surface area contributed by atoms with Crippen molar-refractivity contribution in [2.75, 3.05) is 33.4 Å². The van der Waals surface area contributed by atoms with Crippen LogP contribution in [0.1, 0.15) is 24.8 Å². The molecule has 0 saturated heterocycles. The van der Waals surface area contributed by atoms with Crippen LogP contribution < -0.4 is 15.4 Å². The lowest BCUT2D eigenvalue weighted by Crippen LogP contribution is -2.37. The molecule has 0 aliphatic heterocycles. The lowest BCUT2D eigenvalue weighted by atomic mass is 10.3. The summed E-state index contributed by atoms with van der Waals surface area (Å²) in [5.74, 6) is 1.36. The first-order chi connectivity index (χ1) is 12.5. The molecule has 6 nitrogen and oxygen atoms in total. The van der Waals surface area contributed by atoms with Gasteiger partial charge in [0.05, 0.1) is 0 Å². The van der Waals surface area contributed by atoms with Gasteiger partial charge in [-0.05, 0) is 30.7 Å². The fourth-order valence-electron chi connectivity index (χ4n) is 2.08. The summed E-state index contributed by atoms with van der Waals surface area (Å²) in [5, 5.41) is 6.30. The number of pyridine rings is 1. The summed E-state index contributed by atoms with van der Waals surface area (Å²) in [4.78, 5) is 7.98. The first-order valence-corrected chi connectivity index (χ1v) is 8.63. The third-order valence-corrected chi connectivity index (χ3v) is 3.67. The summed E-state index contributed by atoms with van der Waals surface area (Å²) in [6.45, 7) is 1.43. The highest BCUT2D eigenvalue weighted by Crippen LogP contribution is 2.28. The molecular formula is C17H25F3N4O2. The van der Waals surface area contributed by atoms with Gasteiger partial charge in [-0.3, -0.25) is 4.99 Å². The maximum atomic E-state index is 12.1. The zero-order valence-electron chi connectivity index (χ0n) is 14.8. The van der Waals surface area contributed by atoms with Crippen LogP contribution in [0.5, 0.6) is 5.88 Å². The third kappa shape index (κ3) is 8.89. The van der Waals surface area contributed by atoms with E-state index in [0.29, 0.717) is 12.5 Å². The quantitative estimate of drug-likeness (QED) is 0.374. The molecule has 1 aliphatic rings. The van der Waals surface area contributed by atoms with E-state index in [1.54, 1.807) is 13.1 Å². The fraction of sp³-hybridized carbons (Fsp3) is 0.647. The summed E-state index contributed by atoms with van der Waals surface area (Å²) in [6.07, 6.45) is 0.569. The molecule has 0 unspecified atom stereocenters. The number of hydrogen-bond acceptors (Lipinski definition) is 4. The molecule has 1 fully saturated rings. The van der Waals surface area contributed by atoms with Crippen LogP contribution in [0.15, 0.2) is 23.3 Å². The van der Waals surface area contributed by atoms with Crippen molar-refractivity contribution < 1.29 is 22.6 Å². The molecule has 1 saturated carbocycles. The molecule has 146 valence electrons. The van der Waals surface area contributed by atoms with Gasteiger partial charge in [-0.25, -0.2) is 4.98 Å². The second kappa shape index (κ2) is 10.2. The lowest BCUT2D eigenvalue weighted by Gasteiger charge is -2.12. The van der Waals surface area contributed by atoms with E-state index in [1.807, 2.05) is 0 Å². The molecule has 1 heterocycles. The number of nitrogens with one attached hydrogen (secondary N) is 2. The number of alkyl halides is 3. The Bertz CT molecular complexity index is 560. The van der Waals surface area contributed by atoms with Gasteiger partial charge in [0.15, 0.2) is 12.6 Å². The van der Waals surface area contributed by atoms with Gasteiger partial charge in [0.1, 0.15) is 0 Å². The third-order valence-electron chi connectivity index (χ3n) is 3.67.